The Kier molecular flexibility index (Phi) is 2.46. The summed E-state index contributed by atoms with van der Waals surface area (Å²) in [5.41, 5.74) is 2.91. The molecule has 0 spiro atoms. The van der Waals surface area contributed by atoms with Crippen molar-refractivity contribution < 1.29 is 4.74 Å². The lowest BCUT2D eigenvalue weighted by Crippen LogP contribution is -2.27. The molecular weight excluding hydrogens is 204 g/mol. The van der Waals surface area contributed by atoms with E-state index in [0.29, 0.717) is 6.04 Å². The molecule has 1 aliphatic rings. The fourth-order valence-electron chi connectivity index (χ4n) is 2.01. The maximum Gasteiger partial charge on any atom is 0.115 e. The van der Waals surface area contributed by atoms with Gasteiger partial charge in [-0.1, -0.05) is 0 Å². The molecule has 1 fully saturated rings. The van der Waals surface area contributed by atoms with Crippen molar-refractivity contribution in [1.82, 2.24) is 15.4 Å². The average molecular weight is 218 g/mol. The second kappa shape index (κ2) is 4.09. The number of rotatable bonds is 2. The van der Waals surface area contributed by atoms with Crippen LogP contribution in [0.5, 0.6) is 0 Å². The van der Waals surface area contributed by atoms with Gasteiger partial charge in [-0.3, -0.25) is 0 Å². The van der Waals surface area contributed by atoms with Gasteiger partial charge in [0.25, 0.3) is 0 Å². The normalized spacial score (nSPS) is 17.8. The van der Waals surface area contributed by atoms with Crippen LogP contribution in [0.25, 0.3) is 11.0 Å². The lowest BCUT2D eigenvalue weighted by molar-refractivity contribution is 0.0904. The number of benzene rings is 1. The number of hydrogen-bond acceptors (Lipinski definition) is 4. The molecule has 0 atom stereocenters. The fraction of sp³-hybridized carbons (Fsp3) is 0.455. The molecular formula is C11H14N4O. The van der Waals surface area contributed by atoms with E-state index in [4.69, 9.17) is 4.74 Å². The molecule has 0 aliphatic carbocycles. The van der Waals surface area contributed by atoms with Crippen molar-refractivity contribution in [3.8, 4) is 0 Å². The van der Waals surface area contributed by atoms with E-state index in [1.807, 2.05) is 18.2 Å². The predicted octanol–water partition coefficient (Wildman–Crippen LogP) is 1.55. The van der Waals surface area contributed by atoms with Gasteiger partial charge in [0.05, 0.1) is 0 Å². The minimum absolute atomic E-state index is 0.512. The fourth-order valence-corrected chi connectivity index (χ4v) is 2.01. The molecule has 0 amide bonds. The molecule has 5 nitrogen and oxygen atoms in total. The Morgan fingerprint density at radius 2 is 2.00 bits per heavy atom. The molecule has 3 rings (SSSR count). The third-order valence-corrected chi connectivity index (χ3v) is 2.91. The molecule has 2 aromatic rings. The number of anilines is 1. The van der Waals surface area contributed by atoms with E-state index in [1.54, 1.807) is 0 Å². The van der Waals surface area contributed by atoms with Gasteiger partial charge in [-0.15, -0.1) is 0 Å². The first-order chi connectivity index (χ1) is 7.92. The Morgan fingerprint density at radius 1 is 1.19 bits per heavy atom. The molecule has 0 unspecified atom stereocenters. The van der Waals surface area contributed by atoms with Gasteiger partial charge in [-0.05, 0) is 31.0 Å². The van der Waals surface area contributed by atoms with Crippen LogP contribution < -0.4 is 5.32 Å². The van der Waals surface area contributed by atoms with Crippen LogP contribution in [0.4, 0.5) is 5.69 Å². The van der Waals surface area contributed by atoms with E-state index in [1.165, 1.54) is 0 Å². The molecule has 16 heavy (non-hydrogen) atoms. The van der Waals surface area contributed by atoms with E-state index in [0.717, 1.165) is 42.8 Å². The van der Waals surface area contributed by atoms with Crippen LogP contribution in [-0.4, -0.2) is 34.7 Å². The summed E-state index contributed by atoms with van der Waals surface area (Å²) < 4.78 is 5.33. The molecule has 84 valence electrons. The zero-order valence-electron chi connectivity index (χ0n) is 8.94. The minimum Gasteiger partial charge on any atom is -0.382 e. The summed E-state index contributed by atoms with van der Waals surface area (Å²) in [4.78, 5) is 0. The van der Waals surface area contributed by atoms with Crippen LogP contribution in [0.1, 0.15) is 12.8 Å². The van der Waals surface area contributed by atoms with Crippen LogP contribution >= 0.6 is 0 Å². The summed E-state index contributed by atoms with van der Waals surface area (Å²) in [6, 6.07) is 6.55. The van der Waals surface area contributed by atoms with Gasteiger partial charge < -0.3 is 10.1 Å². The molecule has 0 saturated carbocycles. The molecule has 5 heteroatoms. The second-order valence-electron chi connectivity index (χ2n) is 4.06. The standard InChI is InChI=1S/C11H14N4O/c1-2-10-11(14-15-13-10)7-9(1)12-8-3-5-16-6-4-8/h1-2,7-8,12H,3-6H2,(H,13,14,15). The first kappa shape index (κ1) is 9.59. The highest BCUT2D eigenvalue weighted by atomic mass is 16.5. The maximum atomic E-state index is 5.33. The lowest BCUT2D eigenvalue weighted by atomic mass is 10.1. The Balaban J connectivity index is 1.77. The van der Waals surface area contributed by atoms with Crippen LogP contribution in [0, 0.1) is 0 Å². The number of H-pyrrole nitrogens is 1. The quantitative estimate of drug-likeness (QED) is 0.802. The molecule has 0 bridgehead atoms. The molecule has 1 aromatic heterocycles. The van der Waals surface area contributed by atoms with E-state index in [2.05, 4.69) is 20.7 Å². The van der Waals surface area contributed by atoms with Gasteiger partial charge in [0.15, 0.2) is 0 Å². The highest BCUT2D eigenvalue weighted by molar-refractivity contribution is 5.77. The SMILES string of the molecule is c1cc2n[nH]nc2cc1NC1CCOCC1. The highest BCUT2D eigenvalue weighted by Gasteiger charge is 2.13. The number of nitrogens with one attached hydrogen (secondary N) is 2. The van der Waals surface area contributed by atoms with Crippen molar-refractivity contribution in [2.45, 2.75) is 18.9 Å². The number of aromatic amines is 1. The third kappa shape index (κ3) is 1.86. The molecule has 0 radical (unpaired) electrons. The summed E-state index contributed by atoms with van der Waals surface area (Å²) in [6.07, 6.45) is 2.13. The zero-order valence-corrected chi connectivity index (χ0v) is 8.94. The summed E-state index contributed by atoms with van der Waals surface area (Å²) in [5, 5.41) is 14.2. The van der Waals surface area contributed by atoms with Crippen LogP contribution in [0.2, 0.25) is 0 Å². The molecule has 2 N–H and O–H groups in total. The molecule has 1 aromatic carbocycles. The molecule has 1 aliphatic heterocycles. The highest BCUT2D eigenvalue weighted by Crippen LogP contribution is 2.18. The van der Waals surface area contributed by atoms with Crippen molar-refractivity contribution >= 4 is 16.7 Å². The van der Waals surface area contributed by atoms with Gasteiger partial charge in [0.2, 0.25) is 0 Å². The number of ether oxygens (including phenoxy) is 1. The van der Waals surface area contributed by atoms with Crippen LogP contribution in [-0.2, 0) is 4.74 Å². The summed E-state index contributed by atoms with van der Waals surface area (Å²) >= 11 is 0. The lowest BCUT2D eigenvalue weighted by Gasteiger charge is -2.24. The van der Waals surface area contributed by atoms with Crippen molar-refractivity contribution in [2.75, 3.05) is 18.5 Å². The number of hydrogen-bond donors (Lipinski definition) is 2. The Labute approximate surface area is 93.2 Å². The third-order valence-electron chi connectivity index (χ3n) is 2.91. The van der Waals surface area contributed by atoms with Crippen molar-refractivity contribution in [2.24, 2.45) is 0 Å². The molecule has 2 heterocycles. The van der Waals surface area contributed by atoms with Crippen LogP contribution in [0.15, 0.2) is 18.2 Å². The van der Waals surface area contributed by atoms with Crippen LogP contribution in [0.3, 0.4) is 0 Å². The first-order valence-corrected chi connectivity index (χ1v) is 5.56. The second-order valence-corrected chi connectivity index (χ2v) is 4.06. The van der Waals surface area contributed by atoms with Gasteiger partial charge in [-0.2, -0.15) is 15.4 Å². The average Bonchev–Trinajstić information content (AvgIpc) is 2.77. The topological polar surface area (TPSA) is 62.8 Å². The van der Waals surface area contributed by atoms with Gasteiger partial charge in [0, 0.05) is 24.9 Å². The largest absolute Gasteiger partial charge is 0.382 e. The summed E-state index contributed by atoms with van der Waals surface area (Å²) in [7, 11) is 0. The van der Waals surface area contributed by atoms with E-state index < -0.39 is 0 Å². The van der Waals surface area contributed by atoms with E-state index in [-0.39, 0.29) is 0 Å². The van der Waals surface area contributed by atoms with E-state index in [9.17, 15) is 0 Å². The number of fused-ring (bicyclic) bond motifs is 1. The first-order valence-electron chi connectivity index (χ1n) is 5.56. The minimum atomic E-state index is 0.512. The van der Waals surface area contributed by atoms with Crippen molar-refractivity contribution in [3.05, 3.63) is 18.2 Å². The molecule has 1 saturated heterocycles. The number of nitrogens with zero attached hydrogens (tertiary/aromatic N) is 2. The predicted molar refractivity (Wildman–Crippen MR) is 61.4 cm³/mol. The van der Waals surface area contributed by atoms with Gasteiger partial charge >= 0.3 is 0 Å². The maximum absolute atomic E-state index is 5.33. The summed E-state index contributed by atoms with van der Waals surface area (Å²) in [5.74, 6) is 0. The Bertz CT molecular complexity index is 476. The monoisotopic (exact) mass is 218 g/mol. The number of aromatic nitrogens is 3. The van der Waals surface area contributed by atoms with Crippen molar-refractivity contribution in [3.63, 3.8) is 0 Å². The van der Waals surface area contributed by atoms with Gasteiger partial charge in [0.1, 0.15) is 11.0 Å². The van der Waals surface area contributed by atoms with Crippen molar-refractivity contribution in [1.29, 1.82) is 0 Å². The van der Waals surface area contributed by atoms with Gasteiger partial charge in [-0.25, -0.2) is 0 Å². The Morgan fingerprint density at radius 3 is 2.88 bits per heavy atom. The van der Waals surface area contributed by atoms with E-state index >= 15 is 0 Å². The summed E-state index contributed by atoms with van der Waals surface area (Å²) in [6.45, 7) is 1.70. The Hall–Kier alpha value is -1.62. The smallest absolute Gasteiger partial charge is 0.115 e. The zero-order chi connectivity index (χ0) is 10.8.